The van der Waals surface area contributed by atoms with E-state index in [1.54, 1.807) is 5.01 Å². The zero-order valence-corrected chi connectivity index (χ0v) is 7.32. The molecule has 0 aromatic carbocycles. The lowest BCUT2D eigenvalue weighted by atomic mass is 10.2. The first-order valence-electron chi connectivity index (χ1n) is 4.67. The number of rotatable bonds is 2. The number of aliphatic hydroxyl groups excluding tert-OH is 1. The molecular weight excluding hydrogens is 154 g/mol. The lowest BCUT2D eigenvalue weighted by molar-refractivity contribution is 0.0345. The molecule has 3 N–H and O–H groups in total. The van der Waals surface area contributed by atoms with Gasteiger partial charge in [0, 0.05) is 31.7 Å². The van der Waals surface area contributed by atoms with E-state index in [2.05, 4.69) is 4.90 Å². The fourth-order valence-electron chi connectivity index (χ4n) is 1.94. The van der Waals surface area contributed by atoms with Crippen molar-refractivity contribution in [2.75, 3.05) is 26.2 Å². The minimum absolute atomic E-state index is 0.240. The van der Waals surface area contributed by atoms with Crippen molar-refractivity contribution in [1.82, 2.24) is 9.91 Å². The van der Waals surface area contributed by atoms with E-state index in [1.807, 2.05) is 0 Å². The largest absolute Gasteiger partial charge is 0.395 e. The van der Waals surface area contributed by atoms with Crippen LogP contribution in [0.15, 0.2) is 0 Å². The van der Waals surface area contributed by atoms with Crippen LogP contribution in [0.25, 0.3) is 0 Å². The third-order valence-corrected chi connectivity index (χ3v) is 2.79. The van der Waals surface area contributed by atoms with Crippen LogP contribution in [0.3, 0.4) is 0 Å². The summed E-state index contributed by atoms with van der Waals surface area (Å²) in [5.41, 5.74) is 0. The number of hydrogen-bond donors (Lipinski definition) is 2. The summed E-state index contributed by atoms with van der Waals surface area (Å²) < 4.78 is 0. The Bertz CT molecular complexity index is 160. The summed E-state index contributed by atoms with van der Waals surface area (Å²) in [6, 6.07) is 1.02. The average molecular weight is 171 g/mol. The van der Waals surface area contributed by atoms with Crippen LogP contribution in [-0.2, 0) is 0 Å². The maximum absolute atomic E-state index is 9.13. The van der Waals surface area contributed by atoms with Crippen molar-refractivity contribution in [3.05, 3.63) is 0 Å². The summed E-state index contributed by atoms with van der Waals surface area (Å²) in [6.45, 7) is 3.01. The molecule has 4 heteroatoms. The summed E-state index contributed by atoms with van der Waals surface area (Å²) in [6.07, 6.45) is 2.61. The first kappa shape index (κ1) is 8.44. The van der Waals surface area contributed by atoms with Crippen LogP contribution in [0.2, 0.25) is 0 Å². The molecule has 0 aromatic heterocycles. The van der Waals surface area contributed by atoms with Gasteiger partial charge in [-0.15, -0.1) is 0 Å². The van der Waals surface area contributed by atoms with Crippen LogP contribution in [-0.4, -0.2) is 53.3 Å². The van der Waals surface area contributed by atoms with E-state index in [9.17, 15) is 0 Å². The van der Waals surface area contributed by atoms with Crippen LogP contribution in [0.1, 0.15) is 12.8 Å². The van der Waals surface area contributed by atoms with Crippen molar-refractivity contribution in [1.29, 1.82) is 0 Å². The van der Waals surface area contributed by atoms with Crippen LogP contribution in [0.4, 0.5) is 0 Å². The number of nitrogens with two attached hydrogens (primary N) is 1. The van der Waals surface area contributed by atoms with Crippen molar-refractivity contribution in [3.8, 4) is 0 Å². The Hall–Kier alpha value is -0.160. The molecule has 12 heavy (non-hydrogen) atoms. The number of aliphatic hydroxyl groups is 1. The maximum Gasteiger partial charge on any atom is 0.0600 e. The standard InChI is InChI=1S/C8H17N3O/c9-10-3-4-11(7-1-2-7)8(5-10)6-12/h7-8,12H,1-6,9H2. The minimum atomic E-state index is 0.240. The molecular formula is C8H17N3O. The predicted molar refractivity (Wildman–Crippen MR) is 46.4 cm³/mol. The Labute approximate surface area is 72.9 Å². The lowest BCUT2D eigenvalue weighted by Gasteiger charge is -2.38. The van der Waals surface area contributed by atoms with Crippen LogP contribution < -0.4 is 5.84 Å². The van der Waals surface area contributed by atoms with Crippen molar-refractivity contribution in [3.63, 3.8) is 0 Å². The van der Waals surface area contributed by atoms with Crippen LogP contribution in [0, 0.1) is 0 Å². The molecule has 4 nitrogen and oxygen atoms in total. The van der Waals surface area contributed by atoms with Crippen molar-refractivity contribution < 1.29 is 5.11 Å². The van der Waals surface area contributed by atoms with Crippen molar-refractivity contribution >= 4 is 0 Å². The van der Waals surface area contributed by atoms with E-state index < -0.39 is 0 Å². The number of hydrazine groups is 1. The second-order valence-electron chi connectivity index (χ2n) is 3.80. The highest BCUT2D eigenvalue weighted by atomic mass is 16.3. The Morgan fingerprint density at radius 1 is 1.33 bits per heavy atom. The van der Waals surface area contributed by atoms with Crippen molar-refractivity contribution in [2.45, 2.75) is 24.9 Å². The summed E-state index contributed by atoms with van der Waals surface area (Å²) >= 11 is 0. The van der Waals surface area contributed by atoms with Gasteiger partial charge in [-0.05, 0) is 12.8 Å². The molecule has 2 fully saturated rings. The smallest absolute Gasteiger partial charge is 0.0600 e. The average Bonchev–Trinajstić information content (AvgIpc) is 2.87. The van der Waals surface area contributed by atoms with E-state index in [0.29, 0.717) is 0 Å². The molecule has 0 radical (unpaired) electrons. The van der Waals surface area contributed by atoms with Crippen molar-refractivity contribution in [2.24, 2.45) is 5.84 Å². The van der Waals surface area contributed by atoms with Gasteiger partial charge in [0.1, 0.15) is 0 Å². The Morgan fingerprint density at radius 2 is 2.08 bits per heavy atom. The van der Waals surface area contributed by atoms with Crippen LogP contribution >= 0.6 is 0 Å². The molecule has 1 saturated heterocycles. The van der Waals surface area contributed by atoms with Gasteiger partial charge >= 0.3 is 0 Å². The Morgan fingerprint density at radius 3 is 2.67 bits per heavy atom. The topological polar surface area (TPSA) is 52.7 Å². The monoisotopic (exact) mass is 171 g/mol. The highest BCUT2D eigenvalue weighted by molar-refractivity contribution is 4.91. The number of piperazine rings is 1. The summed E-state index contributed by atoms with van der Waals surface area (Å²) in [5.74, 6) is 5.68. The predicted octanol–water partition coefficient (Wildman–Crippen LogP) is -0.999. The molecule has 1 heterocycles. The second-order valence-corrected chi connectivity index (χ2v) is 3.80. The highest BCUT2D eigenvalue weighted by Crippen LogP contribution is 2.29. The number of nitrogens with zero attached hydrogens (tertiary/aromatic N) is 2. The molecule has 1 saturated carbocycles. The van der Waals surface area contributed by atoms with E-state index in [-0.39, 0.29) is 12.6 Å². The third kappa shape index (κ3) is 1.61. The molecule has 1 unspecified atom stereocenters. The molecule has 0 amide bonds. The van der Waals surface area contributed by atoms with Gasteiger partial charge in [-0.3, -0.25) is 10.7 Å². The van der Waals surface area contributed by atoms with E-state index in [1.165, 1.54) is 12.8 Å². The molecule has 2 rings (SSSR count). The molecule has 0 aromatic rings. The Balaban J connectivity index is 1.92. The highest BCUT2D eigenvalue weighted by Gasteiger charge is 2.36. The van der Waals surface area contributed by atoms with Gasteiger partial charge in [0.15, 0.2) is 0 Å². The van der Waals surface area contributed by atoms with Gasteiger partial charge in [-0.25, -0.2) is 5.01 Å². The molecule has 1 atom stereocenters. The van der Waals surface area contributed by atoms with Gasteiger partial charge in [-0.2, -0.15) is 0 Å². The minimum Gasteiger partial charge on any atom is -0.395 e. The van der Waals surface area contributed by atoms with Crippen LogP contribution in [0.5, 0.6) is 0 Å². The summed E-state index contributed by atoms with van der Waals surface area (Å²) in [5, 5.41) is 10.9. The lowest BCUT2D eigenvalue weighted by Crippen LogP contribution is -2.57. The summed E-state index contributed by atoms with van der Waals surface area (Å²) in [7, 11) is 0. The SMILES string of the molecule is NN1CCN(C2CC2)C(CO)C1. The van der Waals surface area contributed by atoms with Gasteiger partial charge in [0.05, 0.1) is 6.61 Å². The fourth-order valence-corrected chi connectivity index (χ4v) is 1.94. The maximum atomic E-state index is 9.13. The van der Waals surface area contributed by atoms with Gasteiger partial charge < -0.3 is 5.11 Å². The quantitative estimate of drug-likeness (QED) is 0.523. The second kappa shape index (κ2) is 3.30. The molecule has 70 valence electrons. The molecule has 1 aliphatic heterocycles. The first-order chi connectivity index (χ1) is 5.81. The van der Waals surface area contributed by atoms with Gasteiger partial charge in [0.25, 0.3) is 0 Å². The normalized spacial score (nSPS) is 34.0. The van der Waals surface area contributed by atoms with Gasteiger partial charge in [0.2, 0.25) is 0 Å². The number of hydrogen-bond acceptors (Lipinski definition) is 4. The first-order valence-corrected chi connectivity index (χ1v) is 4.67. The van der Waals surface area contributed by atoms with E-state index in [0.717, 1.165) is 25.7 Å². The summed E-state index contributed by atoms with van der Waals surface area (Å²) in [4.78, 5) is 2.41. The molecule has 2 aliphatic rings. The zero-order valence-electron chi connectivity index (χ0n) is 7.32. The Kier molecular flexibility index (Phi) is 2.32. The van der Waals surface area contributed by atoms with E-state index in [4.69, 9.17) is 10.9 Å². The van der Waals surface area contributed by atoms with E-state index >= 15 is 0 Å². The molecule has 0 bridgehead atoms. The molecule has 1 aliphatic carbocycles. The van der Waals surface area contributed by atoms with Gasteiger partial charge in [-0.1, -0.05) is 0 Å². The fraction of sp³-hybridized carbons (Fsp3) is 1.00. The third-order valence-electron chi connectivity index (χ3n) is 2.79. The zero-order chi connectivity index (χ0) is 8.55. The molecule has 0 spiro atoms.